The Bertz CT molecular complexity index is 351. The minimum Gasteiger partial charge on any atom is -0.389 e. The van der Waals surface area contributed by atoms with Crippen molar-refractivity contribution in [3.05, 3.63) is 10.7 Å². The van der Waals surface area contributed by atoms with Gasteiger partial charge in [0.25, 0.3) is 0 Å². The zero-order valence-corrected chi connectivity index (χ0v) is 11.5. The van der Waals surface area contributed by atoms with Crippen molar-refractivity contribution >= 4 is 27.7 Å². The summed E-state index contributed by atoms with van der Waals surface area (Å²) < 4.78 is 5.59. The Balaban J connectivity index is 2.59. The molecule has 0 aliphatic carbocycles. The summed E-state index contributed by atoms with van der Waals surface area (Å²) in [6, 6.07) is 0. The van der Waals surface area contributed by atoms with Gasteiger partial charge >= 0.3 is 0 Å². The number of aliphatic hydroxyl groups is 1. The molecule has 1 atom stereocenters. The summed E-state index contributed by atoms with van der Waals surface area (Å²) in [7, 11) is 1.55. The number of anilines is 2. The second-order valence-electron chi connectivity index (χ2n) is 3.41. The zero-order chi connectivity index (χ0) is 12.7. The molecule has 1 heterocycles. The van der Waals surface area contributed by atoms with Gasteiger partial charge in [0.15, 0.2) is 0 Å². The SMILES string of the molecule is CCNc1ncc(Br)c(NCC(O)COC)n1. The fourth-order valence-corrected chi connectivity index (χ4v) is 1.53. The molecule has 0 aliphatic rings. The van der Waals surface area contributed by atoms with E-state index in [9.17, 15) is 5.11 Å². The maximum Gasteiger partial charge on any atom is 0.224 e. The molecule has 7 heteroatoms. The van der Waals surface area contributed by atoms with Crippen LogP contribution < -0.4 is 10.6 Å². The lowest BCUT2D eigenvalue weighted by atomic mass is 10.4. The van der Waals surface area contributed by atoms with Gasteiger partial charge < -0.3 is 20.5 Å². The number of hydrogen-bond donors (Lipinski definition) is 3. The van der Waals surface area contributed by atoms with Crippen LogP contribution in [0.2, 0.25) is 0 Å². The third-order valence-electron chi connectivity index (χ3n) is 1.94. The van der Waals surface area contributed by atoms with Crippen LogP contribution in [0.4, 0.5) is 11.8 Å². The first kappa shape index (κ1) is 14.1. The number of nitrogens with one attached hydrogen (secondary N) is 2. The van der Waals surface area contributed by atoms with Crippen molar-refractivity contribution in [2.75, 3.05) is 37.4 Å². The van der Waals surface area contributed by atoms with Crippen LogP contribution in [0.5, 0.6) is 0 Å². The molecule has 17 heavy (non-hydrogen) atoms. The van der Waals surface area contributed by atoms with Crippen molar-refractivity contribution in [2.45, 2.75) is 13.0 Å². The van der Waals surface area contributed by atoms with Gasteiger partial charge in [0.2, 0.25) is 5.95 Å². The lowest BCUT2D eigenvalue weighted by molar-refractivity contribution is 0.0727. The number of methoxy groups -OCH3 is 1. The highest BCUT2D eigenvalue weighted by Crippen LogP contribution is 2.19. The van der Waals surface area contributed by atoms with Crippen LogP contribution in [0.1, 0.15) is 6.92 Å². The summed E-state index contributed by atoms with van der Waals surface area (Å²) in [6.45, 7) is 3.39. The number of rotatable bonds is 7. The Morgan fingerprint density at radius 3 is 2.94 bits per heavy atom. The average Bonchev–Trinajstić information content (AvgIpc) is 2.30. The third kappa shape index (κ3) is 4.84. The third-order valence-corrected chi connectivity index (χ3v) is 2.52. The van der Waals surface area contributed by atoms with Crippen molar-refractivity contribution in [2.24, 2.45) is 0 Å². The Morgan fingerprint density at radius 1 is 1.53 bits per heavy atom. The van der Waals surface area contributed by atoms with E-state index in [1.165, 1.54) is 0 Å². The summed E-state index contributed by atoms with van der Waals surface area (Å²) in [5.74, 6) is 1.20. The van der Waals surface area contributed by atoms with Crippen LogP contribution in [0, 0.1) is 0 Å². The fourth-order valence-electron chi connectivity index (χ4n) is 1.20. The molecule has 0 saturated heterocycles. The summed E-state index contributed by atoms with van der Waals surface area (Å²) in [4.78, 5) is 8.36. The molecule has 0 aliphatic heterocycles. The number of hydrogen-bond acceptors (Lipinski definition) is 6. The molecular formula is C10H17BrN4O2. The molecule has 0 bridgehead atoms. The Kier molecular flexibility index (Phi) is 6.17. The van der Waals surface area contributed by atoms with Crippen LogP contribution in [0.3, 0.4) is 0 Å². The predicted molar refractivity (Wildman–Crippen MR) is 70.3 cm³/mol. The molecule has 0 amide bonds. The molecule has 1 unspecified atom stereocenters. The zero-order valence-electron chi connectivity index (χ0n) is 9.90. The largest absolute Gasteiger partial charge is 0.389 e. The Labute approximate surface area is 109 Å². The summed E-state index contributed by atoms with van der Waals surface area (Å²) >= 11 is 3.34. The second kappa shape index (κ2) is 7.41. The first-order valence-electron chi connectivity index (χ1n) is 5.34. The van der Waals surface area contributed by atoms with Crippen LogP contribution >= 0.6 is 15.9 Å². The molecule has 3 N–H and O–H groups in total. The number of ether oxygens (including phenoxy) is 1. The first-order chi connectivity index (χ1) is 8.17. The van der Waals surface area contributed by atoms with E-state index in [2.05, 4.69) is 36.5 Å². The molecule has 0 saturated carbocycles. The normalized spacial score (nSPS) is 12.2. The Morgan fingerprint density at radius 2 is 2.29 bits per heavy atom. The molecular weight excluding hydrogens is 288 g/mol. The van der Waals surface area contributed by atoms with E-state index in [4.69, 9.17) is 4.74 Å². The molecule has 0 fully saturated rings. The van der Waals surface area contributed by atoms with Gasteiger partial charge in [-0.3, -0.25) is 0 Å². The molecule has 1 aromatic heterocycles. The van der Waals surface area contributed by atoms with E-state index in [1.807, 2.05) is 6.92 Å². The van der Waals surface area contributed by atoms with Gasteiger partial charge in [-0.05, 0) is 22.9 Å². The minimum atomic E-state index is -0.565. The van der Waals surface area contributed by atoms with Gasteiger partial charge in [0, 0.05) is 26.4 Å². The monoisotopic (exact) mass is 304 g/mol. The molecule has 96 valence electrons. The molecule has 6 nitrogen and oxygen atoms in total. The Hall–Kier alpha value is -0.920. The van der Waals surface area contributed by atoms with Gasteiger partial charge in [-0.25, -0.2) is 4.98 Å². The maximum atomic E-state index is 9.51. The molecule has 0 spiro atoms. The van der Waals surface area contributed by atoms with Gasteiger partial charge in [0.1, 0.15) is 5.82 Å². The summed E-state index contributed by atoms with van der Waals surface area (Å²) in [5.41, 5.74) is 0. The standard InChI is InChI=1S/C10H17BrN4O2/c1-3-12-10-14-5-8(11)9(15-10)13-4-7(16)6-17-2/h5,7,16H,3-4,6H2,1-2H3,(H2,12,13,14,15). The summed E-state index contributed by atoms with van der Waals surface area (Å²) in [6.07, 6.45) is 1.10. The number of nitrogens with zero attached hydrogens (tertiary/aromatic N) is 2. The highest BCUT2D eigenvalue weighted by molar-refractivity contribution is 9.10. The smallest absolute Gasteiger partial charge is 0.224 e. The van der Waals surface area contributed by atoms with Gasteiger partial charge in [-0.15, -0.1) is 0 Å². The van der Waals surface area contributed by atoms with Crippen molar-refractivity contribution in [1.29, 1.82) is 0 Å². The van der Waals surface area contributed by atoms with E-state index >= 15 is 0 Å². The number of aromatic nitrogens is 2. The van der Waals surface area contributed by atoms with E-state index in [0.29, 0.717) is 18.3 Å². The molecule has 1 rings (SSSR count). The highest BCUT2D eigenvalue weighted by Gasteiger charge is 2.07. The van der Waals surface area contributed by atoms with E-state index in [-0.39, 0.29) is 6.61 Å². The fraction of sp³-hybridized carbons (Fsp3) is 0.600. The number of halogens is 1. The average molecular weight is 305 g/mol. The molecule has 0 radical (unpaired) electrons. The lowest BCUT2D eigenvalue weighted by Crippen LogP contribution is -2.24. The van der Waals surface area contributed by atoms with E-state index in [1.54, 1.807) is 13.3 Å². The van der Waals surface area contributed by atoms with Crippen LogP contribution in [-0.2, 0) is 4.74 Å². The highest BCUT2D eigenvalue weighted by atomic mass is 79.9. The van der Waals surface area contributed by atoms with Crippen molar-refractivity contribution < 1.29 is 9.84 Å². The van der Waals surface area contributed by atoms with Crippen LogP contribution in [-0.4, -0.2) is 48.0 Å². The number of aliphatic hydroxyl groups excluding tert-OH is 1. The molecule has 0 aromatic carbocycles. The van der Waals surface area contributed by atoms with Gasteiger partial charge in [0.05, 0.1) is 17.2 Å². The summed E-state index contributed by atoms with van der Waals surface area (Å²) in [5, 5.41) is 15.6. The van der Waals surface area contributed by atoms with Gasteiger partial charge in [-0.1, -0.05) is 0 Å². The topological polar surface area (TPSA) is 79.3 Å². The minimum absolute atomic E-state index is 0.287. The van der Waals surface area contributed by atoms with Crippen molar-refractivity contribution in [1.82, 2.24) is 9.97 Å². The molecule has 1 aromatic rings. The van der Waals surface area contributed by atoms with Gasteiger partial charge in [-0.2, -0.15) is 4.98 Å². The quantitative estimate of drug-likeness (QED) is 0.700. The second-order valence-corrected chi connectivity index (χ2v) is 4.26. The lowest BCUT2D eigenvalue weighted by Gasteiger charge is -2.13. The van der Waals surface area contributed by atoms with E-state index in [0.717, 1.165) is 11.0 Å². The maximum absolute atomic E-state index is 9.51. The van der Waals surface area contributed by atoms with Crippen molar-refractivity contribution in [3.63, 3.8) is 0 Å². The van der Waals surface area contributed by atoms with Crippen LogP contribution in [0.15, 0.2) is 10.7 Å². The predicted octanol–water partition coefficient (Wildman–Crippen LogP) is 1.09. The van der Waals surface area contributed by atoms with E-state index < -0.39 is 6.10 Å². The first-order valence-corrected chi connectivity index (χ1v) is 6.14. The van der Waals surface area contributed by atoms with Crippen molar-refractivity contribution in [3.8, 4) is 0 Å². The van der Waals surface area contributed by atoms with Crippen LogP contribution in [0.25, 0.3) is 0 Å².